The first kappa shape index (κ1) is 8.10. The van der Waals surface area contributed by atoms with Crippen LogP contribution in [-0.4, -0.2) is 34.6 Å². The lowest BCUT2D eigenvalue weighted by Crippen LogP contribution is -2.46. The van der Waals surface area contributed by atoms with Gasteiger partial charge in [-0.3, -0.25) is 0 Å². The van der Waals surface area contributed by atoms with Gasteiger partial charge in [-0.2, -0.15) is 11.8 Å². The summed E-state index contributed by atoms with van der Waals surface area (Å²) < 4.78 is 0. The summed E-state index contributed by atoms with van der Waals surface area (Å²) in [7, 11) is 0. The van der Waals surface area contributed by atoms with Gasteiger partial charge in [0.1, 0.15) is 0 Å². The Morgan fingerprint density at radius 1 is 1.50 bits per heavy atom. The second-order valence-corrected chi connectivity index (χ2v) is 3.66. The number of hydrazine groups is 1. The number of nitrogens with zero attached hydrogens (tertiary/aromatic N) is 1. The Kier molecular flexibility index (Phi) is 3.24. The molecule has 0 aromatic rings. The van der Waals surface area contributed by atoms with Gasteiger partial charge in [0.2, 0.25) is 0 Å². The summed E-state index contributed by atoms with van der Waals surface area (Å²) in [6.45, 7) is 2.04. The number of nitrogens with one attached hydrogen (secondary N) is 1. The lowest BCUT2D eigenvalue weighted by molar-refractivity contribution is 0.455. The summed E-state index contributed by atoms with van der Waals surface area (Å²) in [6, 6.07) is 0. The molecule has 0 aromatic heterocycles. The summed E-state index contributed by atoms with van der Waals surface area (Å²) in [5, 5.41) is 0.667. The van der Waals surface area contributed by atoms with E-state index in [1.807, 2.05) is 11.8 Å². The van der Waals surface area contributed by atoms with E-state index in [-0.39, 0.29) is 0 Å². The molecule has 5 heteroatoms. The van der Waals surface area contributed by atoms with Crippen molar-refractivity contribution in [1.82, 2.24) is 10.3 Å². The molecule has 0 aliphatic carbocycles. The molecule has 3 N–H and O–H groups in total. The van der Waals surface area contributed by atoms with Crippen molar-refractivity contribution < 1.29 is 0 Å². The molecular formula is C5H11N3S2. The molecule has 0 saturated carbocycles. The van der Waals surface area contributed by atoms with Crippen LogP contribution >= 0.6 is 24.0 Å². The van der Waals surface area contributed by atoms with Crippen molar-refractivity contribution in [3.63, 3.8) is 0 Å². The first-order chi connectivity index (χ1) is 4.84. The van der Waals surface area contributed by atoms with E-state index in [2.05, 4.69) is 10.3 Å². The molecule has 1 heterocycles. The summed E-state index contributed by atoms with van der Waals surface area (Å²) in [6.07, 6.45) is 0. The van der Waals surface area contributed by atoms with E-state index >= 15 is 0 Å². The zero-order valence-corrected chi connectivity index (χ0v) is 7.30. The normalized spacial score (nSPS) is 18.7. The molecule has 1 rings (SSSR count). The Morgan fingerprint density at radius 2 is 2.10 bits per heavy atom. The maximum Gasteiger partial charge on any atom is 0.183 e. The Balaban J connectivity index is 2.31. The van der Waals surface area contributed by atoms with Gasteiger partial charge in [0, 0.05) is 24.6 Å². The molecule has 1 fully saturated rings. The summed E-state index contributed by atoms with van der Waals surface area (Å²) >= 11 is 6.91. The van der Waals surface area contributed by atoms with Gasteiger partial charge in [0.15, 0.2) is 5.11 Å². The van der Waals surface area contributed by atoms with Crippen LogP contribution in [-0.2, 0) is 0 Å². The summed E-state index contributed by atoms with van der Waals surface area (Å²) in [5.41, 5.74) is 2.48. The van der Waals surface area contributed by atoms with Crippen molar-refractivity contribution in [3.05, 3.63) is 0 Å². The fourth-order valence-corrected chi connectivity index (χ4v) is 1.94. The minimum atomic E-state index is 0.667. The first-order valence-electron chi connectivity index (χ1n) is 3.18. The van der Waals surface area contributed by atoms with Crippen LogP contribution in [0.25, 0.3) is 0 Å². The molecule has 58 valence electrons. The number of rotatable bonds is 0. The van der Waals surface area contributed by atoms with Crippen LogP contribution in [0.3, 0.4) is 0 Å². The maximum absolute atomic E-state index is 5.16. The molecular weight excluding hydrogens is 166 g/mol. The SMILES string of the molecule is NNC(=S)N1CCSCC1. The van der Waals surface area contributed by atoms with Crippen LogP contribution in [0, 0.1) is 0 Å². The quantitative estimate of drug-likeness (QED) is 0.304. The van der Waals surface area contributed by atoms with Crippen molar-refractivity contribution >= 4 is 29.1 Å². The number of hydrogen-bond acceptors (Lipinski definition) is 3. The molecule has 0 bridgehead atoms. The number of hydrogen-bond donors (Lipinski definition) is 2. The van der Waals surface area contributed by atoms with E-state index in [1.54, 1.807) is 0 Å². The third-order valence-electron chi connectivity index (χ3n) is 1.42. The maximum atomic E-state index is 5.16. The summed E-state index contributed by atoms with van der Waals surface area (Å²) in [4.78, 5) is 2.09. The van der Waals surface area contributed by atoms with Crippen molar-refractivity contribution in [2.24, 2.45) is 5.84 Å². The van der Waals surface area contributed by atoms with Gasteiger partial charge in [0.25, 0.3) is 0 Å². The largest absolute Gasteiger partial charge is 0.347 e. The first-order valence-corrected chi connectivity index (χ1v) is 4.74. The van der Waals surface area contributed by atoms with Gasteiger partial charge in [-0.05, 0) is 12.2 Å². The average molecular weight is 177 g/mol. The number of thioether (sulfide) groups is 1. The van der Waals surface area contributed by atoms with Crippen molar-refractivity contribution in [1.29, 1.82) is 0 Å². The topological polar surface area (TPSA) is 41.3 Å². The molecule has 0 atom stereocenters. The highest BCUT2D eigenvalue weighted by Crippen LogP contribution is 2.08. The van der Waals surface area contributed by atoms with Gasteiger partial charge >= 0.3 is 0 Å². The molecule has 0 aromatic carbocycles. The van der Waals surface area contributed by atoms with E-state index in [9.17, 15) is 0 Å². The predicted octanol–water partition coefficient (Wildman–Crippen LogP) is -0.217. The third-order valence-corrected chi connectivity index (χ3v) is 2.74. The van der Waals surface area contributed by atoms with Crippen LogP contribution in [0.4, 0.5) is 0 Å². The second kappa shape index (κ2) is 4.00. The fraction of sp³-hybridized carbons (Fsp3) is 0.800. The lowest BCUT2D eigenvalue weighted by Gasteiger charge is -2.27. The van der Waals surface area contributed by atoms with E-state index in [1.165, 1.54) is 0 Å². The molecule has 0 unspecified atom stereocenters. The van der Waals surface area contributed by atoms with Crippen LogP contribution in [0.2, 0.25) is 0 Å². The molecule has 1 saturated heterocycles. The number of thiocarbonyl (C=S) groups is 1. The minimum absolute atomic E-state index is 0.667. The monoisotopic (exact) mass is 177 g/mol. The van der Waals surface area contributed by atoms with Crippen molar-refractivity contribution in [3.8, 4) is 0 Å². The summed E-state index contributed by atoms with van der Waals surface area (Å²) in [5.74, 6) is 7.47. The predicted molar refractivity (Wildman–Crippen MR) is 48.8 cm³/mol. The third kappa shape index (κ3) is 2.00. The highest BCUT2D eigenvalue weighted by Gasteiger charge is 2.11. The zero-order valence-electron chi connectivity index (χ0n) is 5.67. The van der Waals surface area contributed by atoms with Crippen LogP contribution in [0.15, 0.2) is 0 Å². The molecule has 0 spiro atoms. The molecule has 10 heavy (non-hydrogen) atoms. The van der Waals surface area contributed by atoms with Crippen LogP contribution in [0.1, 0.15) is 0 Å². The Bertz CT molecular complexity index is 122. The van der Waals surface area contributed by atoms with Gasteiger partial charge in [0.05, 0.1) is 0 Å². The second-order valence-electron chi connectivity index (χ2n) is 2.05. The highest BCUT2D eigenvalue weighted by atomic mass is 32.2. The van der Waals surface area contributed by atoms with E-state index in [0.717, 1.165) is 24.6 Å². The van der Waals surface area contributed by atoms with E-state index in [4.69, 9.17) is 18.1 Å². The lowest BCUT2D eigenvalue weighted by atomic mass is 10.5. The molecule has 1 aliphatic rings. The van der Waals surface area contributed by atoms with Gasteiger partial charge < -0.3 is 10.3 Å². The van der Waals surface area contributed by atoms with Crippen molar-refractivity contribution in [2.75, 3.05) is 24.6 Å². The van der Waals surface area contributed by atoms with Crippen molar-refractivity contribution in [2.45, 2.75) is 0 Å². The van der Waals surface area contributed by atoms with Crippen LogP contribution in [0.5, 0.6) is 0 Å². The zero-order chi connectivity index (χ0) is 7.40. The molecule has 0 radical (unpaired) electrons. The molecule has 0 amide bonds. The van der Waals surface area contributed by atoms with Gasteiger partial charge in [-0.15, -0.1) is 0 Å². The fourth-order valence-electron chi connectivity index (χ4n) is 0.858. The Labute approximate surface area is 70.3 Å². The Hall–Kier alpha value is 0. The number of nitrogens with two attached hydrogens (primary N) is 1. The molecule has 3 nitrogen and oxygen atoms in total. The van der Waals surface area contributed by atoms with Gasteiger partial charge in [-0.1, -0.05) is 0 Å². The van der Waals surface area contributed by atoms with E-state index < -0.39 is 0 Å². The Morgan fingerprint density at radius 3 is 2.60 bits per heavy atom. The smallest absolute Gasteiger partial charge is 0.183 e. The molecule has 1 aliphatic heterocycles. The van der Waals surface area contributed by atoms with Gasteiger partial charge in [-0.25, -0.2) is 5.84 Å². The van der Waals surface area contributed by atoms with E-state index in [0.29, 0.717) is 5.11 Å². The van der Waals surface area contributed by atoms with Crippen LogP contribution < -0.4 is 11.3 Å². The highest BCUT2D eigenvalue weighted by molar-refractivity contribution is 7.99. The average Bonchev–Trinajstić information content (AvgIpc) is 2.05. The standard InChI is InChI=1S/C5H11N3S2/c6-7-5(9)8-1-3-10-4-2-8/h1-4,6H2,(H,7,9). The minimum Gasteiger partial charge on any atom is -0.347 e.